The van der Waals surface area contributed by atoms with Crippen molar-refractivity contribution in [3.63, 3.8) is 0 Å². The van der Waals surface area contributed by atoms with Gasteiger partial charge in [-0.2, -0.15) is 0 Å². The molecule has 0 saturated carbocycles. The lowest BCUT2D eigenvalue weighted by atomic mass is 9.78. The van der Waals surface area contributed by atoms with E-state index in [1.54, 1.807) is 32.1 Å². The van der Waals surface area contributed by atoms with Crippen molar-refractivity contribution in [1.29, 1.82) is 0 Å². The second-order valence-electron chi connectivity index (χ2n) is 8.55. The highest BCUT2D eigenvalue weighted by Gasteiger charge is 2.27. The van der Waals surface area contributed by atoms with Crippen molar-refractivity contribution in [2.75, 3.05) is 6.61 Å². The molecule has 1 atom stereocenters. The third-order valence-corrected chi connectivity index (χ3v) is 6.28. The summed E-state index contributed by atoms with van der Waals surface area (Å²) < 4.78 is 33.3. The van der Waals surface area contributed by atoms with E-state index in [2.05, 4.69) is 6.07 Å². The quantitative estimate of drug-likeness (QED) is 0.372. The van der Waals surface area contributed by atoms with Crippen molar-refractivity contribution >= 4 is 17.3 Å². The van der Waals surface area contributed by atoms with Crippen LogP contribution in [0, 0.1) is 17.6 Å². The lowest BCUT2D eigenvalue weighted by molar-refractivity contribution is -0.143. The Morgan fingerprint density at radius 1 is 1.00 bits per heavy atom. The summed E-state index contributed by atoms with van der Waals surface area (Å²) in [6.07, 6.45) is 6.67. The number of hydrogen-bond acceptors (Lipinski definition) is 3. The molecule has 2 aromatic carbocycles. The second kappa shape index (κ2) is 11.9. The molecule has 2 aromatic rings. The van der Waals surface area contributed by atoms with Crippen LogP contribution in [0.25, 0.3) is 5.57 Å². The van der Waals surface area contributed by atoms with E-state index < -0.39 is 11.6 Å². The molecule has 1 aliphatic rings. The molecule has 0 aromatic heterocycles. The largest absolute Gasteiger partial charge is 0.466 e. The first-order chi connectivity index (χ1) is 16.4. The minimum absolute atomic E-state index is 0.0200. The van der Waals surface area contributed by atoms with Crippen LogP contribution in [0.3, 0.4) is 0 Å². The monoisotopic (exact) mass is 466 g/mol. The minimum Gasteiger partial charge on any atom is -0.466 e. The average Bonchev–Trinajstić information content (AvgIpc) is 2.82. The lowest BCUT2D eigenvalue weighted by Gasteiger charge is -2.25. The third kappa shape index (κ3) is 6.07. The predicted octanol–water partition coefficient (Wildman–Crippen LogP) is 6.57. The number of carbonyl (C=O) groups excluding carboxylic acids is 2. The van der Waals surface area contributed by atoms with Crippen LogP contribution in [0.4, 0.5) is 8.78 Å². The molecule has 0 N–H and O–H groups in total. The van der Waals surface area contributed by atoms with Crippen molar-refractivity contribution in [3.8, 4) is 0 Å². The van der Waals surface area contributed by atoms with Gasteiger partial charge in [-0.3, -0.25) is 9.59 Å². The first-order valence-electron chi connectivity index (χ1n) is 12.0. The fourth-order valence-electron chi connectivity index (χ4n) is 4.57. The number of rotatable bonds is 10. The molecule has 0 spiro atoms. The van der Waals surface area contributed by atoms with Crippen molar-refractivity contribution < 1.29 is 23.1 Å². The maximum atomic E-state index is 14.3. The van der Waals surface area contributed by atoms with Gasteiger partial charge in [-0.25, -0.2) is 8.78 Å². The maximum Gasteiger partial charge on any atom is 0.305 e. The summed E-state index contributed by atoms with van der Waals surface area (Å²) in [5.41, 5.74) is 4.81. The molecule has 0 fully saturated rings. The molecule has 0 unspecified atom stereocenters. The van der Waals surface area contributed by atoms with E-state index in [1.165, 1.54) is 6.07 Å². The van der Waals surface area contributed by atoms with Crippen LogP contribution in [0.15, 0.2) is 54.1 Å². The van der Waals surface area contributed by atoms with Gasteiger partial charge in [-0.05, 0) is 85.1 Å². The second-order valence-corrected chi connectivity index (χ2v) is 8.55. The van der Waals surface area contributed by atoms with Gasteiger partial charge in [0.1, 0.15) is 0 Å². The molecular weight excluding hydrogens is 434 g/mol. The Morgan fingerprint density at radius 3 is 2.47 bits per heavy atom. The zero-order valence-electron chi connectivity index (χ0n) is 20.1. The fourth-order valence-corrected chi connectivity index (χ4v) is 4.57. The Morgan fingerprint density at radius 2 is 1.76 bits per heavy atom. The number of benzene rings is 2. The van der Waals surface area contributed by atoms with Gasteiger partial charge in [-0.15, -0.1) is 0 Å². The molecule has 0 amide bonds. The predicted molar refractivity (Wildman–Crippen MR) is 130 cm³/mol. The van der Waals surface area contributed by atoms with Gasteiger partial charge in [0.2, 0.25) is 0 Å². The third-order valence-electron chi connectivity index (χ3n) is 6.28. The zero-order chi connectivity index (χ0) is 24.7. The number of ketones is 1. The Hall–Kier alpha value is -3.08. The molecule has 3 rings (SSSR count). The van der Waals surface area contributed by atoms with E-state index in [-0.39, 0.29) is 17.7 Å². The number of esters is 1. The Balaban J connectivity index is 1.84. The van der Waals surface area contributed by atoms with Gasteiger partial charge in [-0.1, -0.05) is 49.8 Å². The van der Waals surface area contributed by atoms with E-state index >= 15 is 0 Å². The summed E-state index contributed by atoms with van der Waals surface area (Å²) in [4.78, 5) is 24.5. The summed E-state index contributed by atoms with van der Waals surface area (Å²) in [6.45, 7) is 5.96. The summed E-state index contributed by atoms with van der Waals surface area (Å²) in [5, 5.41) is 0. The number of allylic oxidation sites excluding steroid dienone is 4. The molecule has 0 radical (unpaired) electrons. The number of ether oxygens (including phenoxy) is 1. The van der Waals surface area contributed by atoms with Crippen molar-refractivity contribution in [1.82, 2.24) is 0 Å². The normalized spacial score (nSPS) is 15.7. The fraction of sp³-hybridized carbons (Fsp3) is 0.379. The van der Waals surface area contributed by atoms with Crippen LogP contribution in [0.5, 0.6) is 0 Å². The van der Waals surface area contributed by atoms with E-state index in [0.29, 0.717) is 49.8 Å². The summed E-state index contributed by atoms with van der Waals surface area (Å²) in [5.74, 6) is -2.19. The summed E-state index contributed by atoms with van der Waals surface area (Å²) in [6, 6.07) is 11.0. The molecule has 34 heavy (non-hydrogen) atoms. The molecule has 5 heteroatoms. The Bertz CT molecular complexity index is 1110. The first-order valence-corrected chi connectivity index (χ1v) is 12.0. The van der Waals surface area contributed by atoms with Crippen molar-refractivity contribution in [3.05, 3.63) is 88.0 Å². The van der Waals surface area contributed by atoms with Crippen LogP contribution < -0.4 is 0 Å². The van der Waals surface area contributed by atoms with Gasteiger partial charge in [0, 0.05) is 12.3 Å². The Kier molecular flexibility index (Phi) is 8.91. The van der Waals surface area contributed by atoms with Gasteiger partial charge in [0.05, 0.1) is 6.61 Å². The highest BCUT2D eigenvalue weighted by Crippen LogP contribution is 2.35. The van der Waals surface area contributed by atoms with Gasteiger partial charge in [0.15, 0.2) is 17.4 Å². The van der Waals surface area contributed by atoms with Crippen LogP contribution >= 0.6 is 0 Å². The smallest absolute Gasteiger partial charge is 0.305 e. The van der Waals surface area contributed by atoms with E-state index in [4.69, 9.17) is 4.74 Å². The minimum atomic E-state index is -0.866. The zero-order valence-corrected chi connectivity index (χ0v) is 20.1. The maximum absolute atomic E-state index is 14.3. The molecule has 180 valence electrons. The molecule has 1 aliphatic carbocycles. The molecular formula is C29H32F2O3. The van der Waals surface area contributed by atoms with Crippen LogP contribution in [-0.2, 0) is 33.6 Å². The lowest BCUT2D eigenvalue weighted by Crippen LogP contribution is -2.21. The van der Waals surface area contributed by atoms with Crippen molar-refractivity contribution in [2.45, 2.75) is 59.3 Å². The summed E-state index contributed by atoms with van der Waals surface area (Å²) >= 11 is 0. The molecule has 0 heterocycles. The van der Waals surface area contributed by atoms with Crippen molar-refractivity contribution in [2.24, 2.45) is 5.92 Å². The summed E-state index contributed by atoms with van der Waals surface area (Å²) in [7, 11) is 0. The molecule has 0 saturated heterocycles. The van der Waals surface area contributed by atoms with Gasteiger partial charge >= 0.3 is 5.97 Å². The number of halogens is 2. The molecule has 0 aliphatic heterocycles. The average molecular weight is 467 g/mol. The van der Waals surface area contributed by atoms with E-state index in [0.717, 1.165) is 28.7 Å². The van der Waals surface area contributed by atoms with Crippen LogP contribution in [-0.4, -0.2) is 18.4 Å². The molecule has 0 bridgehead atoms. The highest BCUT2D eigenvalue weighted by atomic mass is 19.2. The Labute approximate surface area is 200 Å². The van der Waals surface area contributed by atoms with E-state index in [9.17, 15) is 18.4 Å². The number of carbonyl (C=O) groups is 2. The van der Waals surface area contributed by atoms with Gasteiger partial charge < -0.3 is 4.74 Å². The highest BCUT2D eigenvalue weighted by molar-refractivity contribution is 6.01. The number of hydrogen-bond donors (Lipinski definition) is 0. The van der Waals surface area contributed by atoms with Gasteiger partial charge in [0.25, 0.3) is 0 Å². The molecule has 3 nitrogen and oxygen atoms in total. The first kappa shape index (κ1) is 25.5. The van der Waals surface area contributed by atoms with Crippen LogP contribution in [0.1, 0.15) is 62.3 Å². The number of aryl methyl sites for hydroxylation is 2. The van der Waals surface area contributed by atoms with Crippen LogP contribution in [0.2, 0.25) is 0 Å². The van der Waals surface area contributed by atoms with E-state index in [1.807, 2.05) is 25.1 Å². The topological polar surface area (TPSA) is 43.4 Å². The standard InChI is InChI=1S/C29H32F2O3/c1-4-21-17-22(18-26(30)29(21)31)24-13-14-27(32)25(23(24)5-2)16-20-11-7-9-19(15-20)10-8-12-28(33)34-6-3/h7,9,11,13-15,17-18,25H,4-6,8,10,12,16H2,1-3H3/t25-/m0/s1. The SMILES string of the molecule is CCOC(=O)CCCc1cccc(C[C@@H]2C(=O)C=CC(c3cc(F)c(F)c(CC)c3)=C2CC)c1.